The highest BCUT2D eigenvalue weighted by Gasteiger charge is 2.27. The number of halogens is 2. The molecule has 1 aliphatic heterocycles. The smallest absolute Gasteiger partial charge is 0.274 e. The minimum atomic E-state index is -0.512. The Morgan fingerprint density at radius 1 is 1.09 bits per heavy atom. The molecule has 10 heteroatoms. The Balaban J connectivity index is 1.53. The van der Waals surface area contributed by atoms with Crippen molar-refractivity contribution >= 4 is 11.6 Å². The van der Waals surface area contributed by atoms with E-state index in [0.29, 0.717) is 29.5 Å². The average molecular weight is 436 g/mol. The van der Waals surface area contributed by atoms with E-state index >= 15 is 0 Å². The van der Waals surface area contributed by atoms with Crippen molar-refractivity contribution in [2.24, 2.45) is 7.05 Å². The molecule has 1 atom stereocenters. The summed E-state index contributed by atoms with van der Waals surface area (Å²) < 4.78 is 36.7. The minimum Gasteiger partial charge on any atom is -0.371 e. The van der Waals surface area contributed by atoms with Gasteiger partial charge >= 0.3 is 0 Å². The highest BCUT2D eigenvalue weighted by atomic mass is 19.1. The fourth-order valence-corrected chi connectivity index (χ4v) is 3.74. The molecular formula is C22H18F2N6O2. The third kappa shape index (κ3) is 3.54. The van der Waals surface area contributed by atoms with Gasteiger partial charge in [-0.3, -0.25) is 9.36 Å². The van der Waals surface area contributed by atoms with Gasteiger partial charge in [0.05, 0.1) is 23.9 Å². The number of fused-ring (bicyclic) bond motifs is 1. The van der Waals surface area contributed by atoms with Crippen LogP contribution in [0.1, 0.15) is 17.4 Å². The summed E-state index contributed by atoms with van der Waals surface area (Å²) in [5.41, 5.74) is 1.59. The molecule has 162 valence electrons. The number of anilines is 2. The minimum absolute atomic E-state index is 0.140. The van der Waals surface area contributed by atoms with Crippen molar-refractivity contribution in [2.75, 3.05) is 11.9 Å². The zero-order valence-corrected chi connectivity index (χ0v) is 17.0. The van der Waals surface area contributed by atoms with Crippen LogP contribution in [-0.4, -0.2) is 31.2 Å². The summed E-state index contributed by atoms with van der Waals surface area (Å²) in [6.07, 6.45) is 1.51. The second kappa shape index (κ2) is 7.97. The maximum absolute atomic E-state index is 14.7. The topological polar surface area (TPSA) is 86.9 Å². The molecule has 0 saturated heterocycles. The van der Waals surface area contributed by atoms with Crippen LogP contribution in [0.5, 0.6) is 0 Å². The molecule has 0 saturated carbocycles. The molecule has 1 unspecified atom stereocenters. The summed E-state index contributed by atoms with van der Waals surface area (Å²) in [7, 11) is 1.55. The van der Waals surface area contributed by atoms with Gasteiger partial charge < -0.3 is 10.1 Å². The lowest BCUT2D eigenvalue weighted by Crippen LogP contribution is -2.26. The van der Waals surface area contributed by atoms with Crippen LogP contribution < -0.4 is 10.9 Å². The number of aromatic nitrogens is 5. The molecule has 0 amide bonds. The van der Waals surface area contributed by atoms with Gasteiger partial charge in [-0.2, -0.15) is 5.10 Å². The quantitative estimate of drug-likeness (QED) is 0.529. The fourth-order valence-electron chi connectivity index (χ4n) is 3.74. The van der Waals surface area contributed by atoms with E-state index in [0.717, 1.165) is 5.56 Å². The second-order valence-corrected chi connectivity index (χ2v) is 7.39. The Bertz CT molecular complexity index is 1350. The zero-order valence-electron chi connectivity index (χ0n) is 17.0. The first-order valence-electron chi connectivity index (χ1n) is 9.87. The molecule has 2 aromatic carbocycles. The van der Waals surface area contributed by atoms with Crippen molar-refractivity contribution in [3.05, 3.63) is 88.1 Å². The van der Waals surface area contributed by atoms with E-state index in [1.165, 1.54) is 35.1 Å². The van der Waals surface area contributed by atoms with Crippen LogP contribution >= 0.6 is 0 Å². The Morgan fingerprint density at radius 3 is 2.72 bits per heavy atom. The molecule has 1 N–H and O–H groups in total. The number of hydrogen-bond donors (Lipinski definition) is 1. The standard InChI is InChI=1S/C22H18F2N6O2/c1-29-21(31)16(8-9-25-29)14-4-7-17(24)18(10-14)26-22-28-27-20-12-32-11-19(30(20)22)13-2-5-15(23)6-3-13/h2-10,19H,11-12H2,1H3,(H,26,28). The molecule has 8 nitrogen and oxygen atoms in total. The normalized spacial score (nSPS) is 15.4. The molecule has 0 fully saturated rings. The summed E-state index contributed by atoms with van der Waals surface area (Å²) in [5.74, 6) is 0.0280. The zero-order chi connectivity index (χ0) is 22.2. The number of rotatable bonds is 4. The van der Waals surface area contributed by atoms with Crippen LogP contribution in [0, 0.1) is 11.6 Å². The summed E-state index contributed by atoms with van der Waals surface area (Å²) in [6, 6.07) is 11.7. The lowest BCUT2D eigenvalue weighted by Gasteiger charge is -2.26. The summed E-state index contributed by atoms with van der Waals surface area (Å²) in [6.45, 7) is 0.586. The lowest BCUT2D eigenvalue weighted by molar-refractivity contribution is 0.0670. The van der Waals surface area contributed by atoms with Crippen molar-refractivity contribution in [2.45, 2.75) is 12.6 Å². The van der Waals surface area contributed by atoms with Gasteiger partial charge in [0, 0.05) is 13.2 Å². The molecule has 5 rings (SSSR count). The Labute approximate surface area is 181 Å². The number of aryl methyl sites for hydroxylation is 1. The molecule has 32 heavy (non-hydrogen) atoms. The number of hydrogen-bond acceptors (Lipinski definition) is 6. The molecule has 1 aliphatic rings. The van der Waals surface area contributed by atoms with Crippen LogP contribution in [-0.2, 0) is 18.4 Å². The highest BCUT2D eigenvalue weighted by Crippen LogP contribution is 2.31. The largest absolute Gasteiger partial charge is 0.371 e. The summed E-state index contributed by atoms with van der Waals surface area (Å²) in [4.78, 5) is 12.4. The summed E-state index contributed by atoms with van der Waals surface area (Å²) >= 11 is 0. The maximum Gasteiger partial charge on any atom is 0.274 e. The molecule has 0 radical (unpaired) electrons. The van der Waals surface area contributed by atoms with Crippen molar-refractivity contribution in [1.82, 2.24) is 24.5 Å². The van der Waals surface area contributed by atoms with Gasteiger partial charge in [-0.15, -0.1) is 10.2 Å². The predicted octanol–water partition coefficient (Wildman–Crippen LogP) is 3.18. The number of nitrogens with one attached hydrogen (secondary N) is 1. The van der Waals surface area contributed by atoms with Crippen molar-refractivity contribution in [3.63, 3.8) is 0 Å². The molecule has 2 aromatic heterocycles. The van der Waals surface area contributed by atoms with Crippen molar-refractivity contribution < 1.29 is 13.5 Å². The van der Waals surface area contributed by atoms with Crippen LogP contribution in [0.2, 0.25) is 0 Å². The van der Waals surface area contributed by atoms with Crippen LogP contribution in [0.25, 0.3) is 11.1 Å². The first-order chi connectivity index (χ1) is 15.5. The fraction of sp³-hybridized carbons (Fsp3) is 0.182. The van der Waals surface area contributed by atoms with Crippen molar-refractivity contribution in [1.29, 1.82) is 0 Å². The van der Waals surface area contributed by atoms with Gasteiger partial charge in [0.2, 0.25) is 5.95 Å². The molecule has 4 aromatic rings. The van der Waals surface area contributed by atoms with Crippen molar-refractivity contribution in [3.8, 4) is 11.1 Å². The molecular weight excluding hydrogens is 418 g/mol. The van der Waals surface area contributed by atoms with Gasteiger partial charge in [0.25, 0.3) is 5.56 Å². The lowest BCUT2D eigenvalue weighted by atomic mass is 10.1. The highest BCUT2D eigenvalue weighted by molar-refractivity contribution is 5.69. The van der Waals surface area contributed by atoms with Gasteiger partial charge in [-0.25, -0.2) is 13.5 Å². The number of ether oxygens (including phenoxy) is 1. The first-order valence-corrected chi connectivity index (χ1v) is 9.87. The second-order valence-electron chi connectivity index (χ2n) is 7.39. The van der Waals surface area contributed by atoms with E-state index in [4.69, 9.17) is 4.74 Å². The monoisotopic (exact) mass is 436 g/mol. The van der Waals surface area contributed by atoms with E-state index in [-0.39, 0.29) is 29.7 Å². The van der Waals surface area contributed by atoms with Crippen LogP contribution in [0.4, 0.5) is 20.4 Å². The van der Waals surface area contributed by atoms with Gasteiger partial charge in [0.1, 0.15) is 18.2 Å². The third-order valence-electron chi connectivity index (χ3n) is 5.37. The predicted molar refractivity (Wildman–Crippen MR) is 112 cm³/mol. The van der Waals surface area contributed by atoms with E-state index < -0.39 is 5.82 Å². The Morgan fingerprint density at radius 2 is 1.91 bits per heavy atom. The number of nitrogens with zero attached hydrogens (tertiary/aromatic N) is 5. The van der Waals surface area contributed by atoms with Gasteiger partial charge in [-0.05, 0) is 41.5 Å². The Hall–Kier alpha value is -3.92. The van der Waals surface area contributed by atoms with E-state index in [2.05, 4.69) is 20.6 Å². The number of benzene rings is 2. The molecule has 0 aliphatic carbocycles. The maximum atomic E-state index is 14.7. The SMILES string of the molecule is Cn1nccc(-c2ccc(F)c(Nc3nnc4n3C(c3ccc(F)cc3)COC4)c2)c1=O. The molecule has 3 heterocycles. The van der Waals surface area contributed by atoms with Crippen LogP contribution in [0.3, 0.4) is 0 Å². The Kier molecular flexibility index (Phi) is 4.98. The van der Waals surface area contributed by atoms with Crippen LogP contribution in [0.15, 0.2) is 59.5 Å². The van der Waals surface area contributed by atoms with Gasteiger partial charge in [0.15, 0.2) is 5.82 Å². The average Bonchev–Trinajstić information content (AvgIpc) is 3.21. The first kappa shape index (κ1) is 20.0. The summed E-state index contributed by atoms with van der Waals surface area (Å²) in [5, 5.41) is 15.2. The molecule has 0 spiro atoms. The van der Waals surface area contributed by atoms with E-state index in [1.54, 1.807) is 31.3 Å². The molecule has 0 bridgehead atoms. The van der Waals surface area contributed by atoms with Gasteiger partial charge in [-0.1, -0.05) is 18.2 Å². The third-order valence-corrected chi connectivity index (χ3v) is 5.37. The van der Waals surface area contributed by atoms with E-state index in [1.807, 2.05) is 4.57 Å². The van der Waals surface area contributed by atoms with E-state index in [9.17, 15) is 13.6 Å².